The first-order chi connectivity index (χ1) is 9.86. The van der Waals surface area contributed by atoms with Gasteiger partial charge in [-0.25, -0.2) is 8.78 Å². The maximum atomic E-state index is 13.4. The Kier molecular flexibility index (Phi) is 5.22. The molecule has 2 aromatic carbocycles. The number of nitrogens with one attached hydrogen (secondary N) is 1. The molecule has 0 aromatic heterocycles. The minimum Gasteiger partial charge on any atom is -0.282 e. The van der Waals surface area contributed by atoms with Gasteiger partial charge in [-0.1, -0.05) is 0 Å². The van der Waals surface area contributed by atoms with E-state index in [1.165, 1.54) is 30.3 Å². The van der Waals surface area contributed by atoms with E-state index >= 15 is 0 Å². The molecule has 0 saturated heterocycles. The van der Waals surface area contributed by atoms with Gasteiger partial charge in [-0.3, -0.25) is 4.55 Å². The van der Waals surface area contributed by atoms with Gasteiger partial charge in [0.05, 0.1) is 9.79 Å². The summed E-state index contributed by atoms with van der Waals surface area (Å²) in [5.41, 5.74) is 0. The number of rotatable bonds is 5. The SMILES string of the molecule is O=S(=O)(O)c1ccc(SNSc2ccc(F)cc2F)cc1. The van der Waals surface area contributed by atoms with E-state index in [-0.39, 0.29) is 9.79 Å². The van der Waals surface area contributed by atoms with Crippen molar-refractivity contribution in [1.82, 2.24) is 4.13 Å². The van der Waals surface area contributed by atoms with E-state index in [1.807, 2.05) is 0 Å². The highest BCUT2D eigenvalue weighted by atomic mass is 32.2. The molecule has 112 valence electrons. The lowest BCUT2D eigenvalue weighted by atomic mass is 10.3. The van der Waals surface area contributed by atoms with Crippen molar-refractivity contribution >= 4 is 34.0 Å². The Labute approximate surface area is 129 Å². The van der Waals surface area contributed by atoms with Gasteiger partial charge in [-0.2, -0.15) is 12.5 Å². The summed E-state index contributed by atoms with van der Waals surface area (Å²) in [5.74, 6) is -1.32. The summed E-state index contributed by atoms with van der Waals surface area (Å²) >= 11 is 2.09. The van der Waals surface area contributed by atoms with Gasteiger partial charge in [0, 0.05) is 11.0 Å². The second-order valence-electron chi connectivity index (χ2n) is 3.81. The van der Waals surface area contributed by atoms with Gasteiger partial charge >= 0.3 is 0 Å². The summed E-state index contributed by atoms with van der Waals surface area (Å²) in [5, 5.41) is 0. The Hall–Kier alpha value is -1.13. The molecule has 0 atom stereocenters. The van der Waals surface area contributed by atoms with Crippen molar-refractivity contribution < 1.29 is 21.8 Å². The fourth-order valence-electron chi connectivity index (χ4n) is 1.35. The molecule has 0 aliphatic rings. The van der Waals surface area contributed by atoms with Crippen LogP contribution in [0.1, 0.15) is 0 Å². The Bertz CT molecular complexity index is 736. The normalized spacial score (nSPS) is 11.6. The molecular weight excluding hydrogens is 340 g/mol. The monoisotopic (exact) mass is 349 g/mol. The lowest BCUT2D eigenvalue weighted by molar-refractivity contribution is 0.483. The maximum Gasteiger partial charge on any atom is 0.294 e. The molecule has 2 aromatic rings. The Morgan fingerprint density at radius 2 is 1.67 bits per heavy atom. The second-order valence-corrected chi connectivity index (χ2v) is 7.22. The van der Waals surface area contributed by atoms with E-state index in [1.54, 1.807) is 0 Å². The summed E-state index contributed by atoms with van der Waals surface area (Å²) < 4.78 is 59.4. The molecule has 2 rings (SSSR count). The van der Waals surface area contributed by atoms with Crippen molar-refractivity contribution in [2.45, 2.75) is 14.7 Å². The van der Waals surface area contributed by atoms with Gasteiger partial charge in [-0.15, -0.1) is 0 Å². The summed E-state index contributed by atoms with van der Waals surface area (Å²) in [4.78, 5) is 0.694. The number of benzene rings is 2. The highest BCUT2D eigenvalue weighted by molar-refractivity contribution is 8.12. The predicted molar refractivity (Wildman–Crippen MR) is 77.5 cm³/mol. The van der Waals surface area contributed by atoms with Crippen LogP contribution < -0.4 is 4.13 Å². The molecule has 0 heterocycles. The zero-order chi connectivity index (χ0) is 15.5. The van der Waals surface area contributed by atoms with Crippen molar-refractivity contribution in [1.29, 1.82) is 0 Å². The lowest BCUT2D eigenvalue weighted by Crippen LogP contribution is -1.97. The smallest absolute Gasteiger partial charge is 0.282 e. The number of hydrogen-bond donors (Lipinski definition) is 2. The summed E-state index contributed by atoms with van der Waals surface area (Å²) in [6, 6.07) is 8.73. The third-order valence-electron chi connectivity index (χ3n) is 2.33. The zero-order valence-electron chi connectivity index (χ0n) is 10.3. The Balaban J connectivity index is 1.94. The molecule has 21 heavy (non-hydrogen) atoms. The second kappa shape index (κ2) is 6.75. The molecule has 0 radical (unpaired) electrons. The average molecular weight is 349 g/mol. The molecule has 0 bridgehead atoms. The lowest BCUT2D eigenvalue weighted by Gasteiger charge is -2.05. The third-order valence-corrected chi connectivity index (χ3v) is 4.92. The zero-order valence-corrected chi connectivity index (χ0v) is 12.7. The molecule has 0 spiro atoms. The van der Waals surface area contributed by atoms with Crippen LogP contribution in [0, 0.1) is 11.6 Å². The summed E-state index contributed by atoms with van der Waals surface area (Å²) in [6.07, 6.45) is 0. The van der Waals surface area contributed by atoms with Gasteiger partial charge in [-0.05, 0) is 60.3 Å². The van der Waals surface area contributed by atoms with Gasteiger partial charge in [0.2, 0.25) is 0 Å². The van der Waals surface area contributed by atoms with Crippen LogP contribution in [0.4, 0.5) is 8.78 Å². The first-order valence-corrected chi connectivity index (χ1v) is 8.55. The molecule has 0 amide bonds. The third kappa shape index (κ3) is 4.68. The Morgan fingerprint density at radius 3 is 2.24 bits per heavy atom. The van der Waals surface area contributed by atoms with Crippen LogP contribution in [0.5, 0.6) is 0 Å². The van der Waals surface area contributed by atoms with Crippen LogP contribution in [0.15, 0.2) is 57.2 Å². The van der Waals surface area contributed by atoms with Crippen molar-refractivity contribution in [3.05, 3.63) is 54.1 Å². The van der Waals surface area contributed by atoms with Crippen LogP contribution in [-0.4, -0.2) is 13.0 Å². The van der Waals surface area contributed by atoms with Crippen LogP contribution in [0.25, 0.3) is 0 Å². The van der Waals surface area contributed by atoms with E-state index in [2.05, 4.69) is 4.13 Å². The van der Waals surface area contributed by atoms with Crippen molar-refractivity contribution in [3.8, 4) is 0 Å². The molecule has 0 unspecified atom stereocenters. The molecule has 9 heteroatoms. The fourth-order valence-corrected chi connectivity index (χ4v) is 3.31. The highest BCUT2D eigenvalue weighted by Crippen LogP contribution is 2.25. The van der Waals surface area contributed by atoms with Crippen molar-refractivity contribution in [3.63, 3.8) is 0 Å². The Morgan fingerprint density at radius 1 is 1.00 bits per heavy atom. The van der Waals surface area contributed by atoms with E-state index < -0.39 is 21.8 Å². The van der Waals surface area contributed by atoms with Crippen LogP contribution >= 0.6 is 23.9 Å². The first-order valence-electron chi connectivity index (χ1n) is 5.47. The van der Waals surface area contributed by atoms with Crippen molar-refractivity contribution in [2.24, 2.45) is 0 Å². The predicted octanol–water partition coefficient (Wildman–Crippen LogP) is 3.52. The molecule has 0 aliphatic heterocycles. The highest BCUT2D eigenvalue weighted by Gasteiger charge is 2.09. The van der Waals surface area contributed by atoms with Gasteiger partial charge in [0.1, 0.15) is 11.6 Å². The summed E-state index contributed by atoms with van der Waals surface area (Å²) in [7, 11) is -4.21. The van der Waals surface area contributed by atoms with Crippen LogP contribution in [-0.2, 0) is 10.1 Å². The van der Waals surface area contributed by atoms with E-state index in [0.29, 0.717) is 4.90 Å². The molecule has 2 N–H and O–H groups in total. The van der Waals surface area contributed by atoms with Gasteiger partial charge in [0.25, 0.3) is 10.1 Å². The van der Waals surface area contributed by atoms with Crippen LogP contribution in [0.3, 0.4) is 0 Å². The topological polar surface area (TPSA) is 66.4 Å². The quantitative estimate of drug-likeness (QED) is 0.636. The van der Waals surface area contributed by atoms with Gasteiger partial charge in [0.15, 0.2) is 0 Å². The molecule has 0 aliphatic carbocycles. The van der Waals surface area contributed by atoms with E-state index in [9.17, 15) is 17.2 Å². The number of hydrogen-bond acceptors (Lipinski definition) is 5. The first kappa shape index (κ1) is 16.2. The maximum absolute atomic E-state index is 13.4. The minimum atomic E-state index is -4.21. The van der Waals surface area contributed by atoms with Crippen molar-refractivity contribution in [2.75, 3.05) is 0 Å². The minimum absolute atomic E-state index is 0.205. The molecular formula is C12H9F2NO3S3. The summed E-state index contributed by atoms with van der Waals surface area (Å²) in [6.45, 7) is 0. The van der Waals surface area contributed by atoms with E-state index in [4.69, 9.17) is 4.55 Å². The van der Waals surface area contributed by atoms with Gasteiger partial charge < -0.3 is 0 Å². The molecule has 0 fully saturated rings. The standard InChI is InChI=1S/C12H9F2NO3S3/c13-8-1-6-12(11(14)7-8)20-15-19-9-2-4-10(5-3-9)21(16,17)18/h1-7,15H,(H,16,17,18). The molecule has 4 nitrogen and oxygen atoms in total. The fraction of sp³-hybridized carbons (Fsp3) is 0. The average Bonchev–Trinajstić information content (AvgIpc) is 2.41. The number of halogens is 2. The largest absolute Gasteiger partial charge is 0.294 e. The van der Waals surface area contributed by atoms with E-state index in [0.717, 1.165) is 36.0 Å². The molecule has 0 saturated carbocycles. The van der Waals surface area contributed by atoms with Crippen LogP contribution in [0.2, 0.25) is 0 Å².